The van der Waals surface area contributed by atoms with Crippen molar-refractivity contribution in [2.24, 2.45) is 0 Å². The predicted molar refractivity (Wildman–Crippen MR) is 285 cm³/mol. The molecular formula is C60H42N2S2Si. The van der Waals surface area contributed by atoms with Crippen molar-refractivity contribution in [3.63, 3.8) is 0 Å². The molecule has 0 radical (unpaired) electrons. The Labute approximate surface area is 388 Å². The van der Waals surface area contributed by atoms with Gasteiger partial charge in [0.05, 0.1) is 0 Å². The highest BCUT2D eigenvalue weighted by atomic mass is 32.1. The number of fused-ring (bicyclic) bond motifs is 6. The Hall–Kier alpha value is -7.54. The van der Waals surface area contributed by atoms with Crippen LogP contribution in [0.4, 0.5) is 34.1 Å². The van der Waals surface area contributed by atoms with E-state index < -0.39 is 8.07 Å². The molecule has 0 saturated heterocycles. The molecule has 2 aromatic heterocycles. The number of hydrogen-bond acceptors (Lipinski definition) is 4. The Balaban J connectivity index is 1.08. The zero-order valence-corrected chi connectivity index (χ0v) is 38.1. The van der Waals surface area contributed by atoms with Gasteiger partial charge in [-0.1, -0.05) is 170 Å². The molecule has 0 fully saturated rings. The first kappa shape index (κ1) is 39.1. The maximum atomic E-state index is 2.48. The quantitative estimate of drug-likeness (QED) is 0.0997. The minimum absolute atomic E-state index is 1.12. The van der Waals surface area contributed by atoms with Crippen LogP contribution < -0.4 is 30.5 Å². The Morgan fingerprint density at radius 3 is 0.985 bits per heavy atom. The highest BCUT2D eigenvalue weighted by molar-refractivity contribution is 7.26. The van der Waals surface area contributed by atoms with E-state index in [1.807, 2.05) is 22.7 Å². The molecule has 0 saturated carbocycles. The van der Waals surface area contributed by atoms with Gasteiger partial charge in [0.15, 0.2) is 8.07 Å². The number of benzene rings is 10. The molecule has 0 aliphatic heterocycles. The first-order valence-corrected chi connectivity index (χ1v) is 25.7. The first-order chi connectivity index (χ1) is 32.2. The topological polar surface area (TPSA) is 6.48 Å². The van der Waals surface area contributed by atoms with E-state index >= 15 is 0 Å². The van der Waals surface area contributed by atoms with Crippen molar-refractivity contribution >= 4 is 126 Å². The van der Waals surface area contributed by atoms with Crippen LogP contribution in [0, 0.1) is 0 Å². The van der Waals surface area contributed by atoms with Crippen molar-refractivity contribution in [3.8, 4) is 0 Å². The first-order valence-electron chi connectivity index (χ1n) is 22.1. The molecule has 0 unspecified atom stereocenters. The summed E-state index contributed by atoms with van der Waals surface area (Å²) in [6, 6.07) is 94.4. The van der Waals surface area contributed by atoms with Gasteiger partial charge in [-0.05, 0) is 106 Å². The minimum Gasteiger partial charge on any atom is -0.310 e. The van der Waals surface area contributed by atoms with Gasteiger partial charge in [-0.25, -0.2) is 0 Å². The van der Waals surface area contributed by atoms with Gasteiger partial charge in [0.25, 0.3) is 0 Å². The Morgan fingerprint density at radius 2 is 0.554 bits per heavy atom. The molecule has 0 amide bonds. The van der Waals surface area contributed by atoms with Crippen LogP contribution in [0.2, 0.25) is 0 Å². The maximum Gasteiger partial charge on any atom is 0.179 e. The van der Waals surface area contributed by atoms with Crippen LogP contribution >= 0.6 is 22.7 Å². The SMILES string of the molecule is c1ccc(N(c2cccc([Si](c3ccccc3)(c3ccccc3)c3cccc(N(c4ccccc4)c4ccc5c(c4)sc4ccccc45)c3)c2)c2ccc3c(c2)sc2ccccc23)cc1. The fraction of sp³-hybridized carbons (Fsp3) is 0. The summed E-state index contributed by atoms with van der Waals surface area (Å²) in [5.41, 5.74) is 6.75. The number of thiophene rings is 2. The van der Waals surface area contributed by atoms with E-state index in [2.05, 4.69) is 265 Å². The van der Waals surface area contributed by atoms with Crippen molar-refractivity contribution < 1.29 is 0 Å². The van der Waals surface area contributed by atoms with E-state index in [1.54, 1.807) is 0 Å². The van der Waals surface area contributed by atoms with Crippen molar-refractivity contribution in [1.29, 1.82) is 0 Å². The molecule has 2 nitrogen and oxygen atoms in total. The third kappa shape index (κ3) is 6.84. The van der Waals surface area contributed by atoms with Crippen LogP contribution in [0.25, 0.3) is 40.3 Å². The summed E-state index contributed by atoms with van der Waals surface area (Å²) in [6.07, 6.45) is 0. The van der Waals surface area contributed by atoms with E-state index in [0.717, 1.165) is 34.1 Å². The second kappa shape index (κ2) is 16.5. The average Bonchev–Trinajstić information content (AvgIpc) is 3.94. The molecule has 10 aromatic carbocycles. The number of hydrogen-bond donors (Lipinski definition) is 0. The summed E-state index contributed by atoms with van der Waals surface area (Å²) >= 11 is 3.72. The molecule has 12 aromatic rings. The lowest BCUT2D eigenvalue weighted by Crippen LogP contribution is -2.74. The fourth-order valence-corrected chi connectivity index (χ4v) is 17.0. The van der Waals surface area contributed by atoms with E-state index in [4.69, 9.17) is 0 Å². The molecule has 0 aliphatic carbocycles. The van der Waals surface area contributed by atoms with Gasteiger partial charge >= 0.3 is 0 Å². The molecule has 2 heterocycles. The molecule has 0 bridgehead atoms. The van der Waals surface area contributed by atoms with Crippen molar-refractivity contribution in [2.75, 3.05) is 9.80 Å². The van der Waals surface area contributed by atoms with Crippen molar-refractivity contribution in [3.05, 3.63) is 255 Å². The summed E-state index contributed by atoms with van der Waals surface area (Å²) < 4.78 is 5.18. The molecule has 308 valence electrons. The second-order valence-corrected chi connectivity index (χ2v) is 22.5. The second-order valence-electron chi connectivity index (χ2n) is 16.5. The molecule has 0 atom stereocenters. The summed E-state index contributed by atoms with van der Waals surface area (Å²) in [6.45, 7) is 0. The molecule has 12 rings (SSSR count). The fourth-order valence-electron chi connectivity index (χ4n) is 9.89. The van der Waals surface area contributed by atoms with Gasteiger partial charge in [-0.2, -0.15) is 0 Å². The smallest absolute Gasteiger partial charge is 0.179 e. The van der Waals surface area contributed by atoms with Crippen LogP contribution in [0.5, 0.6) is 0 Å². The largest absolute Gasteiger partial charge is 0.310 e. The minimum atomic E-state index is -3.04. The molecular weight excluding hydrogens is 841 g/mol. The Kier molecular flexibility index (Phi) is 9.94. The van der Waals surface area contributed by atoms with Crippen molar-refractivity contribution in [1.82, 2.24) is 0 Å². The average molecular weight is 883 g/mol. The van der Waals surface area contributed by atoms with Crippen LogP contribution in [0.1, 0.15) is 0 Å². The Morgan fingerprint density at radius 1 is 0.231 bits per heavy atom. The zero-order chi connectivity index (χ0) is 43.2. The van der Waals surface area contributed by atoms with Crippen molar-refractivity contribution in [2.45, 2.75) is 0 Å². The van der Waals surface area contributed by atoms with Gasteiger partial charge in [0.1, 0.15) is 0 Å². The highest BCUT2D eigenvalue weighted by Gasteiger charge is 2.42. The van der Waals surface area contributed by atoms with Gasteiger partial charge in [0.2, 0.25) is 0 Å². The van der Waals surface area contributed by atoms with Gasteiger partial charge in [-0.3, -0.25) is 0 Å². The number of para-hydroxylation sites is 2. The number of rotatable bonds is 10. The van der Waals surface area contributed by atoms with Gasteiger partial charge in [-0.15, -0.1) is 22.7 Å². The predicted octanol–water partition coefficient (Wildman–Crippen LogP) is 14.7. The summed E-state index contributed by atoms with van der Waals surface area (Å²) in [5, 5.41) is 10.5. The zero-order valence-electron chi connectivity index (χ0n) is 35.5. The van der Waals surface area contributed by atoms with Crippen LogP contribution in [0.3, 0.4) is 0 Å². The van der Waals surface area contributed by atoms with Crippen LogP contribution in [-0.2, 0) is 0 Å². The third-order valence-corrected chi connectivity index (χ3v) is 19.8. The molecule has 0 aliphatic rings. The standard InChI is InChI=1S/C60H42N2S2Si/c1-5-19-43(20-6-1)61(47-35-37-55-53-31-13-15-33-57(53)63-59(55)41-47)45-23-17-29-51(39-45)65(49-25-9-3-10-26-49,50-27-11-4-12-28-50)52-30-18-24-46(40-52)62(44-21-7-2-8-22-44)48-36-38-56-54-32-14-16-34-58(54)64-60(56)42-48/h1-42H. The molecule has 0 N–H and O–H groups in total. The van der Waals surface area contributed by atoms with E-state index in [-0.39, 0.29) is 0 Å². The van der Waals surface area contributed by atoms with Crippen LogP contribution in [-0.4, -0.2) is 8.07 Å². The molecule has 5 heteroatoms. The van der Waals surface area contributed by atoms with E-state index in [9.17, 15) is 0 Å². The van der Waals surface area contributed by atoms with Gasteiger partial charge < -0.3 is 9.80 Å². The summed E-state index contributed by atoms with van der Waals surface area (Å²) in [7, 11) is -3.04. The van der Waals surface area contributed by atoms with E-state index in [0.29, 0.717) is 0 Å². The normalized spacial score (nSPS) is 11.7. The lowest BCUT2D eigenvalue weighted by Gasteiger charge is -2.36. The lowest BCUT2D eigenvalue weighted by atomic mass is 10.1. The molecule has 65 heavy (non-hydrogen) atoms. The monoisotopic (exact) mass is 882 g/mol. The number of nitrogens with zero attached hydrogens (tertiary/aromatic N) is 2. The summed E-state index contributed by atoms with van der Waals surface area (Å²) in [4.78, 5) is 4.86. The number of anilines is 6. The molecule has 0 spiro atoms. The highest BCUT2D eigenvalue weighted by Crippen LogP contribution is 2.42. The lowest BCUT2D eigenvalue weighted by molar-refractivity contribution is 1.29. The summed E-state index contributed by atoms with van der Waals surface area (Å²) in [5.74, 6) is 0. The Bertz CT molecular complexity index is 3380. The third-order valence-electron chi connectivity index (χ3n) is 12.8. The van der Waals surface area contributed by atoms with Crippen LogP contribution in [0.15, 0.2) is 255 Å². The maximum absolute atomic E-state index is 3.04. The van der Waals surface area contributed by atoms with E-state index in [1.165, 1.54) is 61.1 Å². The van der Waals surface area contributed by atoms with Gasteiger partial charge in [0, 0.05) is 74.5 Å².